The van der Waals surface area contributed by atoms with Crippen LogP contribution in [0.5, 0.6) is 0 Å². The number of fused-ring (bicyclic) bond motifs is 2. The minimum atomic E-state index is -0.276. The van der Waals surface area contributed by atoms with Crippen LogP contribution in [0.15, 0.2) is 36.4 Å². The van der Waals surface area contributed by atoms with Gasteiger partial charge in [-0.1, -0.05) is 0 Å². The number of nitrogens with zero attached hydrogens (tertiary/aromatic N) is 5. The van der Waals surface area contributed by atoms with Gasteiger partial charge in [0.2, 0.25) is 0 Å². The second-order valence-corrected chi connectivity index (χ2v) is 10.8. The van der Waals surface area contributed by atoms with Crippen LogP contribution in [-0.4, -0.2) is 81.3 Å². The molecule has 3 fully saturated rings. The highest BCUT2D eigenvalue weighted by Crippen LogP contribution is 2.31. The molecule has 2 N–H and O–H groups in total. The summed E-state index contributed by atoms with van der Waals surface area (Å²) in [4.78, 5) is 16.3. The molecule has 7 nitrogen and oxygen atoms in total. The van der Waals surface area contributed by atoms with Crippen molar-refractivity contribution in [3.05, 3.63) is 42.2 Å². The highest BCUT2D eigenvalue weighted by atomic mass is 19.1. The number of likely N-dealkylation sites (tertiary alicyclic amines) is 2. The minimum Gasteiger partial charge on any atom is -0.371 e. The maximum atomic E-state index is 13.6. The fourth-order valence-corrected chi connectivity index (χ4v) is 6.69. The molecule has 8 heteroatoms. The Bertz CT molecular complexity index is 1360. The summed E-state index contributed by atoms with van der Waals surface area (Å²) >= 11 is 0. The molecule has 2 aromatic heterocycles. The van der Waals surface area contributed by atoms with Gasteiger partial charge in [-0.3, -0.25) is 5.10 Å². The van der Waals surface area contributed by atoms with E-state index >= 15 is 0 Å². The predicted molar refractivity (Wildman–Crippen MR) is 142 cm³/mol. The van der Waals surface area contributed by atoms with Gasteiger partial charge < -0.3 is 19.7 Å². The Labute approximate surface area is 210 Å². The Balaban J connectivity index is 1.01. The van der Waals surface area contributed by atoms with Crippen LogP contribution in [-0.2, 0) is 0 Å². The monoisotopic (exact) mass is 487 g/mol. The van der Waals surface area contributed by atoms with Crippen molar-refractivity contribution in [3.63, 3.8) is 0 Å². The number of benzene rings is 2. The molecular formula is C28H34FN7. The number of H-pyrrole nitrogens is 2. The van der Waals surface area contributed by atoms with Gasteiger partial charge in [-0.25, -0.2) is 9.37 Å². The van der Waals surface area contributed by atoms with Crippen molar-refractivity contribution in [3.8, 4) is 11.5 Å². The number of piperidine rings is 2. The van der Waals surface area contributed by atoms with Gasteiger partial charge in [0.05, 0.1) is 16.6 Å². The summed E-state index contributed by atoms with van der Waals surface area (Å²) in [6, 6.07) is 12.7. The average Bonchev–Trinajstić information content (AvgIpc) is 3.68. The lowest BCUT2D eigenvalue weighted by Crippen LogP contribution is -2.50. The van der Waals surface area contributed by atoms with Crippen LogP contribution in [0.1, 0.15) is 38.5 Å². The van der Waals surface area contributed by atoms with E-state index in [9.17, 15) is 4.39 Å². The molecular weight excluding hydrogens is 453 g/mol. The first-order chi connectivity index (χ1) is 17.7. The predicted octanol–water partition coefficient (Wildman–Crippen LogP) is 4.77. The molecule has 2 aromatic carbocycles. The number of imidazole rings is 1. The van der Waals surface area contributed by atoms with E-state index in [0.29, 0.717) is 11.3 Å². The third kappa shape index (κ3) is 4.06. The van der Waals surface area contributed by atoms with E-state index in [1.165, 1.54) is 82.5 Å². The fourth-order valence-electron chi connectivity index (χ4n) is 6.69. The molecule has 0 radical (unpaired) electrons. The van der Waals surface area contributed by atoms with Gasteiger partial charge in [0.15, 0.2) is 5.82 Å². The SMILES string of the molecule is Fc1ccc2c(-c3nc4cc(N5CCC(N6CCC(N7CCCC7)CC6)CC5)ccc4[nH]3)n[nH]c2c1. The topological polar surface area (TPSA) is 67.1 Å². The van der Waals surface area contributed by atoms with E-state index in [-0.39, 0.29) is 5.82 Å². The lowest BCUT2D eigenvalue weighted by atomic mass is 9.97. The van der Waals surface area contributed by atoms with E-state index in [2.05, 4.69) is 48.1 Å². The number of hydrogen-bond donors (Lipinski definition) is 2. The third-order valence-corrected chi connectivity index (χ3v) is 8.72. The quantitative estimate of drug-likeness (QED) is 0.434. The molecule has 7 rings (SSSR count). The Morgan fingerprint density at radius 3 is 2.28 bits per heavy atom. The Morgan fingerprint density at radius 1 is 0.778 bits per heavy atom. The summed E-state index contributed by atoms with van der Waals surface area (Å²) in [5.74, 6) is 0.429. The highest BCUT2D eigenvalue weighted by Gasteiger charge is 2.31. The number of anilines is 1. The fraction of sp³-hybridized carbons (Fsp3) is 0.500. The molecule has 4 aromatic rings. The van der Waals surface area contributed by atoms with Gasteiger partial charge >= 0.3 is 0 Å². The molecule has 5 heterocycles. The molecule has 0 aliphatic carbocycles. The zero-order valence-corrected chi connectivity index (χ0v) is 20.7. The van der Waals surface area contributed by atoms with Gasteiger partial charge in [0.1, 0.15) is 11.5 Å². The van der Waals surface area contributed by atoms with Crippen LogP contribution < -0.4 is 4.90 Å². The van der Waals surface area contributed by atoms with Crippen LogP contribution in [0, 0.1) is 5.82 Å². The van der Waals surface area contributed by atoms with E-state index in [1.807, 2.05) is 0 Å². The van der Waals surface area contributed by atoms with Crippen LogP contribution >= 0.6 is 0 Å². The van der Waals surface area contributed by atoms with E-state index in [1.54, 1.807) is 6.07 Å². The second kappa shape index (κ2) is 9.16. The second-order valence-electron chi connectivity index (χ2n) is 10.8. The van der Waals surface area contributed by atoms with Gasteiger partial charge in [0.25, 0.3) is 0 Å². The van der Waals surface area contributed by atoms with Crippen molar-refractivity contribution >= 4 is 27.6 Å². The Hall–Kier alpha value is -2.97. The summed E-state index contributed by atoms with van der Waals surface area (Å²) in [5.41, 5.74) is 4.56. The lowest BCUT2D eigenvalue weighted by Gasteiger charge is -2.43. The lowest BCUT2D eigenvalue weighted by molar-refractivity contribution is 0.0859. The molecule has 36 heavy (non-hydrogen) atoms. The standard InChI is InChI=1S/C28H34FN7/c29-19-3-5-23-25(17-19)32-33-27(23)28-30-24-6-4-22(18-26(24)31-28)36-15-9-21(10-16-36)35-13-7-20(8-14-35)34-11-1-2-12-34/h3-6,17-18,20-21H,1-2,7-16H2,(H,30,31)(H,32,33). The summed E-state index contributed by atoms with van der Waals surface area (Å²) in [5, 5.41) is 8.17. The summed E-state index contributed by atoms with van der Waals surface area (Å²) < 4.78 is 13.6. The summed E-state index contributed by atoms with van der Waals surface area (Å²) in [7, 11) is 0. The molecule has 0 saturated carbocycles. The maximum Gasteiger partial charge on any atom is 0.159 e. The van der Waals surface area contributed by atoms with Crippen molar-refractivity contribution in [2.45, 2.75) is 50.6 Å². The largest absolute Gasteiger partial charge is 0.371 e. The molecule has 0 atom stereocenters. The van der Waals surface area contributed by atoms with Crippen molar-refractivity contribution in [2.24, 2.45) is 0 Å². The van der Waals surface area contributed by atoms with E-state index in [0.717, 1.165) is 47.3 Å². The number of hydrogen-bond acceptors (Lipinski definition) is 5. The van der Waals surface area contributed by atoms with Crippen molar-refractivity contribution in [2.75, 3.05) is 44.2 Å². The smallest absolute Gasteiger partial charge is 0.159 e. The highest BCUT2D eigenvalue weighted by molar-refractivity contribution is 5.93. The van der Waals surface area contributed by atoms with Crippen molar-refractivity contribution in [1.29, 1.82) is 0 Å². The first kappa shape index (κ1) is 22.2. The minimum absolute atomic E-state index is 0.276. The zero-order chi connectivity index (χ0) is 24.1. The van der Waals surface area contributed by atoms with Crippen LogP contribution in [0.2, 0.25) is 0 Å². The number of aromatic amines is 2. The van der Waals surface area contributed by atoms with Crippen LogP contribution in [0.25, 0.3) is 33.5 Å². The normalized spacial score (nSPS) is 21.3. The van der Waals surface area contributed by atoms with Crippen LogP contribution in [0.3, 0.4) is 0 Å². The molecule has 188 valence electrons. The number of halogens is 1. The number of rotatable bonds is 4. The van der Waals surface area contributed by atoms with Gasteiger partial charge in [-0.05, 0) is 101 Å². The Morgan fingerprint density at radius 2 is 1.50 bits per heavy atom. The first-order valence-corrected chi connectivity index (χ1v) is 13.6. The molecule has 0 spiro atoms. The van der Waals surface area contributed by atoms with Gasteiger partial charge in [-0.2, -0.15) is 5.10 Å². The summed E-state index contributed by atoms with van der Waals surface area (Å²) in [6.45, 7) is 7.36. The molecule has 3 aliphatic rings. The van der Waals surface area contributed by atoms with Gasteiger partial charge in [0, 0.05) is 36.2 Å². The van der Waals surface area contributed by atoms with Crippen LogP contribution in [0.4, 0.5) is 10.1 Å². The van der Waals surface area contributed by atoms with Gasteiger partial charge in [-0.15, -0.1) is 0 Å². The molecule has 0 bridgehead atoms. The van der Waals surface area contributed by atoms with Crippen molar-refractivity contribution in [1.82, 2.24) is 30.0 Å². The number of nitrogens with one attached hydrogen (secondary N) is 2. The maximum absolute atomic E-state index is 13.6. The molecule has 0 unspecified atom stereocenters. The average molecular weight is 488 g/mol. The first-order valence-electron chi connectivity index (χ1n) is 13.6. The third-order valence-electron chi connectivity index (χ3n) is 8.72. The number of aromatic nitrogens is 4. The summed E-state index contributed by atoms with van der Waals surface area (Å²) in [6.07, 6.45) is 7.94. The van der Waals surface area contributed by atoms with Crippen molar-refractivity contribution < 1.29 is 4.39 Å². The molecule has 3 saturated heterocycles. The van der Waals surface area contributed by atoms with E-state index < -0.39 is 0 Å². The zero-order valence-electron chi connectivity index (χ0n) is 20.7. The Kier molecular flexibility index (Phi) is 5.66. The van der Waals surface area contributed by atoms with E-state index in [4.69, 9.17) is 4.98 Å². The molecule has 3 aliphatic heterocycles. The molecule has 0 amide bonds.